The van der Waals surface area contributed by atoms with E-state index in [0.717, 1.165) is 7.11 Å². The second kappa shape index (κ2) is 14.6. The summed E-state index contributed by atoms with van der Waals surface area (Å²) in [6, 6.07) is 41.1. The molecule has 1 N–H and O–H groups in total. The van der Waals surface area contributed by atoms with Gasteiger partial charge in [0.1, 0.15) is 17.9 Å². The molecule has 0 aliphatic rings. The lowest BCUT2D eigenvalue weighted by Gasteiger charge is -2.30. The highest BCUT2D eigenvalue weighted by Gasteiger charge is 2.44. The highest BCUT2D eigenvalue weighted by molar-refractivity contribution is 7.95. The summed E-state index contributed by atoms with van der Waals surface area (Å²) in [5.74, 6) is 0. The van der Waals surface area contributed by atoms with Crippen LogP contribution in [0.15, 0.2) is 109 Å². The molecule has 5 rings (SSSR count). The molecule has 5 aromatic rings. The van der Waals surface area contributed by atoms with Gasteiger partial charge in [0.15, 0.2) is 0 Å². The number of aliphatic hydroxyl groups is 1. The second-order valence-electron chi connectivity index (χ2n) is 11.3. The zero-order valence-electron chi connectivity index (χ0n) is 26.2. The molecule has 0 saturated heterocycles. The van der Waals surface area contributed by atoms with Gasteiger partial charge < -0.3 is 29.1 Å². The number of hydrogen-bond donors (Lipinski definition) is 1. The number of rotatable bonds is 6. The third-order valence-electron chi connectivity index (χ3n) is 8.33. The molecule has 0 unspecified atom stereocenters. The number of hydrogen-bond acceptors (Lipinski definition) is 1. The molecule has 0 amide bonds. The third kappa shape index (κ3) is 6.59. The van der Waals surface area contributed by atoms with Gasteiger partial charge in [0.2, 0.25) is 6.71 Å². The van der Waals surface area contributed by atoms with Crippen molar-refractivity contribution in [3.63, 3.8) is 0 Å². The number of benzene rings is 5. The van der Waals surface area contributed by atoms with Crippen LogP contribution in [-0.2, 0) is 0 Å². The summed E-state index contributed by atoms with van der Waals surface area (Å²) in [5.41, 5.74) is 12.4. The fourth-order valence-corrected chi connectivity index (χ4v) is 10.3. The van der Waals surface area contributed by atoms with Crippen molar-refractivity contribution in [2.75, 3.05) is 13.8 Å². The zero-order chi connectivity index (χ0) is 29.7. The zero-order valence-corrected chi connectivity index (χ0v) is 29.3. The molecule has 5 aromatic carbocycles. The van der Waals surface area contributed by atoms with Gasteiger partial charge in [-0.15, -0.1) is 0 Å². The van der Waals surface area contributed by atoms with Gasteiger partial charge in [0, 0.05) is 7.11 Å². The summed E-state index contributed by atoms with van der Waals surface area (Å²) in [5, 5.41) is 11.3. The molecular weight excluding hydrogens is 641 g/mol. The molecule has 0 aromatic heterocycles. The Balaban J connectivity index is 0.00000158. The van der Waals surface area contributed by atoms with Crippen molar-refractivity contribution in [2.24, 2.45) is 0 Å². The molecule has 0 heterocycles. The first-order chi connectivity index (χ1) is 19.7. The van der Waals surface area contributed by atoms with Crippen molar-refractivity contribution in [2.45, 2.75) is 41.5 Å². The van der Waals surface area contributed by atoms with Gasteiger partial charge in [-0.05, 0) is 77.3 Å². The number of halogens is 1. The van der Waals surface area contributed by atoms with Crippen LogP contribution in [0.25, 0.3) is 0 Å². The van der Waals surface area contributed by atoms with E-state index in [1.165, 1.54) is 65.7 Å². The van der Waals surface area contributed by atoms with E-state index in [1.54, 1.807) is 0 Å². The summed E-state index contributed by atoms with van der Waals surface area (Å²) in [4.78, 5) is 0. The molecule has 0 aliphatic heterocycles. The molecule has 0 aliphatic carbocycles. The van der Waals surface area contributed by atoms with Crippen molar-refractivity contribution in [3.05, 3.63) is 143 Å². The minimum absolute atomic E-state index is 0. The first-order valence-corrected chi connectivity index (χ1v) is 16.6. The van der Waals surface area contributed by atoms with Crippen LogP contribution >= 0.6 is 7.26 Å². The highest BCUT2D eigenvalue weighted by atomic mass is 127. The van der Waals surface area contributed by atoms with Crippen LogP contribution in [0.1, 0.15) is 33.4 Å². The predicted octanol–water partition coefficient (Wildman–Crippen LogP) is 2.59. The lowest BCUT2D eigenvalue weighted by Crippen LogP contribution is -3.00. The SMILES string of the molecule is CO.Cc1cc(C)c(B(c2ccccc2[P+](C)(c2ccccc2)c2ccccc2)c2c(C)cc(C)cc2C)c(C)c1.[I-]. The van der Waals surface area contributed by atoms with E-state index in [-0.39, 0.29) is 30.7 Å². The van der Waals surface area contributed by atoms with E-state index in [2.05, 4.69) is 157 Å². The molecule has 4 heteroatoms. The van der Waals surface area contributed by atoms with E-state index < -0.39 is 7.26 Å². The molecule has 0 radical (unpaired) electrons. The lowest BCUT2D eigenvalue weighted by atomic mass is 9.34. The van der Waals surface area contributed by atoms with Crippen LogP contribution in [-0.4, -0.2) is 25.6 Å². The summed E-state index contributed by atoms with van der Waals surface area (Å²) in [6.45, 7) is 16.3. The molecule has 0 atom stereocenters. The summed E-state index contributed by atoms with van der Waals surface area (Å²) < 4.78 is 0. The van der Waals surface area contributed by atoms with Crippen molar-refractivity contribution in [1.82, 2.24) is 0 Å². The average molecular weight is 684 g/mol. The Morgan fingerprint density at radius 3 is 1.21 bits per heavy atom. The Morgan fingerprint density at radius 2 is 0.833 bits per heavy atom. The Labute approximate surface area is 271 Å². The number of aryl methyl sites for hydroxylation is 6. The molecule has 1 nitrogen and oxygen atoms in total. The van der Waals surface area contributed by atoms with Gasteiger partial charge in [-0.1, -0.05) is 123 Å². The minimum Gasteiger partial charge on any atom is -1.00 e. The van der Waals surface area contributed by atoms with E-state index in [0.29, 0.717) is 0 Å². The third-order valence-corrected chi connectivity index (χ3v) is 12.4. The highest BCUT2D eigenvalue weighted by Crippen LogP contribution is 2.51. The van der Waals surface area contributed by atoms with Crippen LogP contribution in [0.4, 0.5) is 0 Å². The molecule has 0 bridgehead atoms. The van der Waals surface area contributed by atoms with Crippen molar-refractivity contribution in [1.29, 1.82) is 0 Å². The first-order valence-electron chi connectivity index (χ1n) is 14.4. The van der Waals surface area contributed by atoms with Gasteiger partial charge in [-0.25, -0.2) is 0 Å². The maximum absolute atomic E-state index is 7.00. The fraction of sp³-hybridized carbons (Fsp3) is 0.211. The summed E-state index contributed by atoms with van der Waals surface area (Å²) in [7, 11) is -0.938. The quantitative estimate of drug-likeness (QED) is 0.166. The van der Waals surface area contributed by atoms with Crippen molar-refractivity contribution >= 4 is 46.3 Å². The Hall–Kier alpha value is -2.72. The Kier molecular flexibility index (Phi) is 11.8. The van der Waals surface area contributed by atoms with Gasteiger partial charge in [-0.3, -0.25) is 0 Å². The van der Waals surface area contributed by atoms with E-state index >= 15 is 0 Å². The van der Waals surface area contributed by atoms with Gasteiger partial charge in [0.25, 0.3) is 0 Å². The van der Waals surface area contributed by atoms with Crippen LogP contribution in [0.2, 0.25) is 0 Å². The van der Waals surface area contributed by atoms with Crippen molar-refractivity contribution < 1.29 is 29.1 Å². The molecular formula is C38H43BIOP. The van der Waals surface area contributed by atoms with Crippen LogP contribution < -0.4 is 56.3 Å². The van der Waals surface area contributed by atoms with E-state index in [4.69, 9.17) is 5.11 Å². The molecule has 216 valence electrons. The molecule has 0 fully saturated rings. The molecule has 42 heavy (non-hydrogen) atoms. The average Bonchev–Trinajstić information content (AvgIpc) is 2.97. The second-order valence-corrected chi connectivity index (χ2v) is 14.8. The predicted molar refractivity (Wildman–Crippen MR) is 185 cm³/mol. The maximum atomic E-state index is 7.00. The van der Waals surface area contributed by atoms with Crippen LogP contribution in [0.3, 0.4) is 0 Å². The largest absolute Gasteiger partial charge is 1.00 e. The van der Waals surface area contributed by atoms with Crippen LogP contribution in [0.5, 0.6) is 0 Å². The van der Waals surface area contributed by atoms with Gasteiger partial charge in [-0.2, -0.15) is 0 Å². The first kappa shape index (κ1) is 33.8. The molecule has 0 spiro atoms. The summed E-state index contributed by atoms with van der Waals surface area (Å²) >= 11 is 0. The molecule has 0 saturated carbocycles. The Morgan fingerprint density at radius 1 is 0.500 bits per heavy atom. The topological polar surface area (TPSA) is 20.2 Å². The van der Waals surface area contributed by atoms with Gasteiger partial charge >= 0.3 is 0 Å². The van der Waals surface area contributed by atoms with Crippen molar-refractivity contribution in [3.8, 4) is 0 Å². The maximum Gasteiger partial charge on any atom is 0.247 e. The Bertz CT molecular complexity index is 1490. The standard InChI is InChI=1S/C37H39BP.CH4O.HI/c1-26-22-28(3)36(29(4)23-26)38(37-30(5)24-27(2)25-31(37)6)34-20-14-15-21-35(34)39(7,32-16-10-8-11-17-32)33-18-12-9-13-19-33;1-2;/h8-25H,1-7H3;2H,1H3;1H/q+1;;/p-1. The summed E-state index contributed by atoms with van der Waals surface area (Å²) in [6.07, 6.45) is 0. The van der Waals surface area contributed by atoms with E-state index in [9.17, 15) is 0 Å². The van der Waals surface area contributed by atoms with E-state index in [1.807, 2.05) is 0 Å². The fourth-order valence-electron chi connectivity index (χ4n) is 6.77. The van der Waals surface area contributed by atoms with Crippen LogP contribution in [0, 0.1) is 41.5 Å². The minimum atomic E-state index is -1.94. The smallest absolute Gasteiger partial charge is 0.247 e. The normalized spacial score (nSPS) is 10.8. The monoisotopic (exact) mass is 684 g/mol. The number of aliphatic hydroxyl groups excluding tert-OH is 1. The van der Waals surface area contributed by atoms with Gasteiger partial charge in [0.05, 0.1) is 12.0 Å². The lowest BCUT2D eigenvalue weighted by molar-refractivity contribution is -0.00000925.